The zero-order valence-electron chi connectivity index (χ0n) is 16.7. The fourth-order valence-corrected chi connectivity index (χ4v) is 3.84. The van der Waals surface area contributed by atoms with Crippen LogP contribution in [0.25, 0.3) is 0 Å². The molecule has 0 radical (unpaired) electrons. The Kier molecular flexibility index (Phi) is 5.53. The molecule has 3 amide bonds. The summed E-state index contributed by atoms with van der Waals surface area (Å²) in [6.07, 6.45) is 0.304. The lowest BCUT2D eigenvalue weighted by atomic mass is 10.0. The summed E-state index contributed by atoms with van der Waals surface area (Å²) in [5.74, 6) is -0.120. The molecule has 1 aromatic carbocycles. The summed E-state index contributed by atoms with van der Waals surface area (Å²) in [6.45, 7) is 10.6. The van der Waals surface area contributed by atoms with Gasteiger partial charge in [-0.2, -0.15) is 0 Å². The second-order valence-electron chi connectivity index (χ2n) is 7.96. The standard InChI is InChI=1S/C21H29N3O3/c1-14(2)24-13-18(12-19(24)25)21(27)23-9-7-22(8-10-23)20(26)17-6-5-15(3)16(4)11-17/h5-6,11,14,18H,7-10,12-13H2,1-4H3. The van der Waals surface area contributed by atoms with Crippen LogP contribution in [0.5, 0.6) is 0 Å². The minimum atomic E-state index is -0.248. The van der Waals surface area contributed by atoms with Gasteiger partial charge >= 0.3 is 0 Å². The average molecular weight is 371 g/mol. The first kappa shape index (κ1) is 19.4. The number of rotatable bonds is 3. The third-order valence-electron chi connectivity index (χ3n) is 5.76. The summed E-state index contributed by atoms with van der Waals surface area (Å²) in [4.78, 5) is 43.0. The molecular formula is C21H29N3O3. The minimum absolute atomic E-state index is 0.0206. The number of amides is 3. The molecule has 2 fully saturated rings. The van der Waals surface area contributed by atoms with Crippen LogP contribution in [0.4, 0.5) is 0 Å². The molecule has 2 heterocycles. The molecule has 2 aliphatic heterocycles. The van der Waals surface area contributed by atoms with E-state index in [9.17, 15) is 14.4 Å². The molecule has 1 aromatic rings. The molecule has 2 saturated heterocycles. The molecule has 27 heavy (non-hydrogen) atoms. The van der Waals surface area contributed by atoms with Crippen LogP contribution in [0.2, 0.25) is 0 Å². The molecule has 6 nitrogen and oxygen atoms in total. The minimum Gasteiger partial charge on any atom is -0.339 e. The molecule has 6 heteroatoms. The number of hydrogen-bond donors (Lipinski definition) is 0. The van der Waals surface area contributed by atoms with Crippen molar-refractivity contribution in [1.29, 1.82) is 0 Å². The van der Waals surface area contributed by atoms with E-state index in [0.717, 1.165) is 5.56 Å². The summed E-state index contributed by atoms with van der Waals surface area (Å²) in [5.41, 5.74) is 2.98. The molecule has 3 rings (SSSR count). The van der Waals surface area contributed by atoms with E-state index in [-0.39, 0.29) is 29.7 Å². The van der Waals surface area contributed by atoms with Gasteiger partial charge in [-0.05, 0) is 51.0 Å². The predicted octanol–water partition coefficient (Wildman–Crippen LogP) is 1.84. The van der Waals surface area contributed by atoms with Crippen LogP contribution in [0.3, 0.4) is 0 Å². The Morgan fingerprint density at radius 2 is 1.63 bits per heavy atom. The molecule has 1 unspecified atom stereocenters. The molecule has 0 N–H and O–H groups in total. The molecule has 0 aromatic heterocycles. The first-order valence-electron chi connectivity index (χ1n) is 9.72. The molecule has 146 valence electrons. The van der Waals surface area contributed by atoms with E-state index in [4.69, 9.17) is 0 Å². The quantitative estimate of drug-likeness (QED) is 0.815. The lowest BCUT2D eigenvalue weighted by Crippen LogP contribution is -2.52. The van der Waals surface area contributed by atoms with E-state index in [1.165, 1.54) is 5.56 Å². The largest absolute Gasteiger partial charge is 0.339 e. The topological polar surface area (TPSA) is 60.9 Å². The molecule has 1 atom stereocenters. The first-order valence-corrected chi connectivity index (χ1v) is 9.72. The summed E-state index contributed by atoms with van der Waals surface area (Å²) < 4.78 is 0. The molecule has 0 saturated carbocycles. The van der Waals surface area contributed by atoms with Crippen molar-refractivity contribution >= 4 is 17.7 Å². The van der Waals surface area contributed by atoms with Gasteiger partial charge in [0.25, 0.3) is 5.91 Å². The van der Waals surface area contributed by atoms with Crippen LogP contribution in [0.15, 0.2) is 18.2 Å². The van der Waals surface area contributed by atoms with Gasteiger partial charge in [0.2, 0.25) is 11.8 Å². The predicted molar refractivity (Wildman–Crippen MR) is 103 cm³/mol. The van der Waals surface area contributed by atoms with Gasteiger partial charge < -0.3 is 14.7 Å². The Bertz CT molecular complexity index is 751. The maximum absolute atomic E-state index is 12.8. The number of benzene rings is 1. The Labute approximate surface area is 161 Å². The van der Waals surface area contributed by atoms with Crippen LogP contribution >= 0.6 is 0 Å². The average Bonchev–Trinajstić information content (AvgIpc) is 3.05. The molecular weight excluding hydrogens is 342 g/mol. The van der Waals surface area contributed by atoms with Gasteiger partial charge in [-0.3, -0.25) is 14.4 Å². The maximum atomic E-state index is 12.8. The number of carbonyl (C=O) groups is 3. The molecule has 0 spiro atoms. The van der Waals surface area contributed by atoms with Crippen molar-refractivity contribution in [2.45, 2.75) is 40.2 Å². The fraction of sp³-hybridized carbons (Fsp3) is 0.571. The number of likely N-dealkylation sites (tertiary alicyclic amines) is 1. The van der Waals surface area contributed by atoms with Gasteiger partial charge in [-0.25, -0.2) is 0 Å². The summed E-state index contributed by atoms with van der Waals surface area (Å²) in [6, 6.07) is 5.90. The number of hydrogen-bond acceptors (Lipinski definition) is 3. The van der Waals surface area contributed by atoms with Gasteiger partial charge in [0.15, 0.2) is 0 Å². The van der Waals surface area contributed by atoms with E-state index in [2.05, 4.69) is 0 Å². The highest BCUT2D eigenvalue weighted by Gasteiger charge is 2.38. The summed E-state index contributed by atoms with van der Waals surface area (Å²) >= 11 is 0. The Hall–Kier alpha value is -2.37. The number of carbonyl (C=O) groups excluding carboxylic acids is 3. The Balaban J connectivity index is 1.57. The number of nitrogens with zero attached hydrogens (tertiary/aromatic N) is 3. The van der Waals surface area contributed by atoms with Gasteiger partial charge in [0.1, 0.15) is 0 Å². The van der Waals surface area contributed by atoms with Gasteiger partial charge in [-0.1, -0.05) is 6.07 Å². The van der Waals surface area contributed by atoms with E-state index in [1.54, 1.807) is 4.90 Å². The van der Waals surface area contributed by atoms with Crippen molar-refractivity contribution in [3.05, 3.63) is 34.9 Å². The van der Waals surface area contributed by atoms with Gasteiger partial charge in [0.05, 0.1) is 5.92 Å². The third kappa shape index (κ3) is 3.99. The van der Waals surface area contributed by atoms with E-state index >= 15 is 0 Å². The SMILES string of the molecule is Cc1ccc(C(=O)N2CCN(C(=O)C3CC(=O)N(C(C)C)C3)CC2)cc1C. The molecule has 2 aliphatic rings. The van der Waals surface area contributed by atoms with E-state index < -0.39 is 0 Å². The highest BCUT2D eigenvalue weighted by molar-refractivity contribution is 5.95. The van der Waals surface area contributed by atoms with Crippen LogP contribution in [-0.4, -0.2) is 71.2 Å². The Morgan fingerprint density at radius 3 is 2.19 bits per heavy atom. The van der Waals surface area contributed by atoms with Crippen LogP contribution < -0.4 is 0 Å². The van der Waals surface area contributed by atoms with Crippen molar-refractivity contribution in [2.75, 3.05) is 32.7 Å². The summed E-state index contributed by atoms with van der Waals surface area (Å²) in [7, 11) is 0. The highest BCUT2D eigenvalue weighted by Crippen LogP contribution is 2.23. The summed E-state index contributed by atoms with van der Waals surface area (Å²) in [5, 5.41) is 0. The number of piperazine rings is 1. The van der Waals surface area contributed by atoms with Crippen molar-refractivity contribution in [1.82, 2.24) is 14.7 Å². The van der Waals surface area contributed by atoms with Crippen molar-refractivity contribution in [3.8, 4) is 0 Å². The normalized spacial score (nSPS) is 20.6. The zero-order valence-corrected chi connectivity index (χ0v) is 16.7. The lowest BCUT2D eigenvalue weighted by Gasteiger charge is -2.36. The zero-order chi connectivity index (χ0) is 19.7. The van der Waals surface area contributed by atoms with Gasteiger partial charge in [0, 0.05) is 50.7 Å². The maximum Gasteiger partial charge on any atom is 0.253 e. The first-order chi connectivity index (χ1) is 12.8. The fourth-order valence-electron chi connectivity index (χ4n) is 3.84. The van der Waals surface area contributed by atoms with Crippen LogP contribution in [0, 0.1) is 19.8 Å². The monoisotopic (exact) mass is 371 g/mol. The molecule has 0 bridgehead atoms. The van der Waals surface area contributed by atoms with E-state index in [0.29, 0.717) is 44.7 Å². The number of aryl methyl sites for hydroxylation is 2. The van der Waals surface area contributed by atoms with Gasteiger partial charge in [-0.15, -0.1) is 0 Å². The van der Waals surface area contributed by atoms with Crippen LogP contribution in [0.1, 0.15) is 41.8 Å². The highest BCUT2D eigenvalue weighted by atomic mass is 16.2. The van der Waals surface area contributed by atoms with E-state index in [1.807, 2.05) is 55.7 Å². The Morgan fingerprint density at radius 1 is 1.00 bits per heavy atom. The van der Waals surface area contributed by atoms with Crippen molar-refractivity contribution in [2.24, 2.45) is 5.92 Å². The second kappa shape index (κ2) is 7.71. The smallest absolute Gasteiger partial charge is 0.253 e. The third-order valence-corrected chi connectivity index (χ3v) is 5.76. The van der Waals surface area contributed by atoms with Crippen LogP contribution in [-0.2, 0) is 9.59 Å². The lowest BCUT2D eigenvalue weighted by molar-refractivity contribution is -0.137. The second-order valence-corrected chi connectivity index (χ2v) is 7.96. The van der Waals surface area contributed by atoms with Crippen molar-refractivity contribution in [3.63, 3.8) is 0 Å². The molecule has 0 aliphatic carbocycles. The van der Waals surface area contributed by atoms with Crippen molar-refractivity contribution < 1.29 is 14.4 Å².